The highest BCUT2D eigenvalue weighted by atomic mass is 35.5. The highest BCUT2D eigenvalue weighted by Gasteiger charge is 2.07. The second kappa shape index (κ2) is 4.37. The van der Waals surface area contributed by atoms with Crippen LogP contribution < -0.4 is 5.32 Å². The highest BCUT2D eigenvalue weighted by molar-refractivity contribution is 6.18. The molecule has 0 aliphatic carbocycles. The van der Waals surface area contributed by atoms with Gasteiger partial charge >= 0.3 is 0 Å². The van der Waals surface area contributed by atoms with Gasteiger partial charge in [-0.05, 0) is 6.92 Å². The number of halogens is 3. The predicted molar refractivity (Wildman–Crippen MR) is 48.0 cm³/mol. The van der Waals surface area contributed by atoms with Gasteiger partial charge in [0.2, 0.25) is 0 Å². The minimum atomic E-state index is -0.711. The summed E-state index contributed by atoms with van der Waals surface area (Å²) in [6.07, 6.45) is 0.951. The zero-order valence-electron chi connectivity index (χ0n) is 7.02. The number of anilines is 1. The Hall–Kier alpha value is -0.900. The first-order valence-electron chi connectivity index (χ1n) is 3.77. The van der Waals surface area contributed by atoms with Crippen molar-refractivity contribution < 1.29 is 8.78 Å². The lowest BCUT2D eigenvalue weighted by Gasteiger charge is -2.11. The lowest BCUT2D eigenvalue weighted by molar-refractivity contribution is 0.574. The number of aromatic nitrogens is 1. The van der Waals surface area contributed by atoms with Crippen molar-refractivity contribution in [2.24, 2.45) is 0 Å². The summed E-state index contributed by atoms with van der Waals surface area (Å²) >= 11 is 5.50. The fourth-order valence-corrected chi connectivity index (χ4v) is 0.870. The molecule has 1 aromatic heterocycles. The van der Waals surface area contributed by atoms with Crippen LogP contribution in [-0.4, -0.2) is 16.9 Å². The molecule has 0 radical (unpaired) electrons. The largest absolute Gasteiger partial charge is 0.364 e. The van der Waals surface area contributed by atoms with Crippen molar-refractivity contribution in [2.45, 2.75) is 13.0 Å². The van der Waals surface area contributed by atoms with Crippen molar-refractivity contribution in [3.05, 3.63) is 23.9 Å². The normalized spacial score (nSPS) is 12.6. The molecule has 0 spiro atoms. The topological polar surface area (TPSA) is 24.9 Å². The molecule has 0 saturated carbocycles. The van der Waals surface area contributed by atoms with E-state index in [-0.39, 0.29) is 11.9 Å². The van der Waals surface area contributed by atoms with Crippen LogP contribution >= 0.6 is 11.6 Å². The molecular formula is C8H9ClF2N2. The molecule has 1 N–H and O–H groups in total. The van der Waals surface area contributed by atoms with Crippen molar-refractivity contribution in [1.29, 1.82) is 0 Å². The van der Waals surface area contributed by atoms with E-state index in [0.29, 0.717) is 5.88 Å². The van der Waals surface area contributed by atoms with E-state index in [9.17, 15) is 8.78 Å². The second-order valence-corrected chi connectivity index (χ2v) is 2.99. The van der Waals surface area contributed by atoms with Crippen LogP contribution in [0, 0.1) is 11.6 Å². The first-order chi connectivity index (χ1) is 6.13. The van der Waals surface area contributed by atoms with E-state index in [2.05, 4.69) is 10.3 Å². The average molecular weight is 207 g/mol. The summed E-state index contributed by atoms with van der Waals surface area (Å²) in [6, 6.07) is 0.671. The molecule has 13 heavy (non-hydrogen) atoms. The number of hydrogen-bond acceptors (Lipinski definition) is 2. The summed E-state index contributed by atoms with van der Waals surface area (Å²) in [4.78, 5) is 3.55. The molecule has 1 rings (SSSR count). The van der Waals surface area contributed by atoms with Crippen molar-refractivity contribution in [1.82, 2.24) is 4.98 Å². The van der Waals surface area contributed by atoms with Gasteiger partial charge in [-0.15, -0.1) is 11.6 Å². The molecule has 1 aromatic rings. The Balaban J connectivity index is 2.77. The summed E-state index contributed by atoms with van der Waals surface area (Å²) in [6.45, 7) is 1.78. The minimum Gasteiger partial charge on any atom is -0.364 e. The second-order valence-electron chi connectivity index (χ2n) is 2.68. The number of nitrogens with one attached hydrogen (secondary N) is 1. The lowest BCUT2D eigenvalue weighted by Crippen LogP contribution is -2.18. The van der Waals surface area contributed by atoms with Crippen molar-refractivity contribution >= 4 is 17.4 Å². The molecule has 0 aliphatic rings. The lowest BCUT2D eigenvalue weighted by atomic mass is 10.3. The monoisotopic (exact) mass is 206 g/mol. The molecule has 2 nitrogen and oxygen atoms in total. The molecule has 0 aliphatic heterocycles. The highest BCUT2D eigenvalue weighted by Crippen LogP contribution is 2.12. The Morgan fingerprint density at radius 2 is 2.31 bits per heavy atom. The van der Waals surface area contributed by atoms with Crippen LogP contribution in [0.5, 0.6) is 0 Å². The Kier molecular flexibility index (Phi) is 3.42. The Labute approximate surface area is 79.9 Å². The van der Waals surface area contributed by atoms with Crippen LogP contribution in [0.15, 0.2) is 12.3 Å². The Morgan fingerprint density at radius 3 is 2.85 bits per heavy atom. The molecule has 5 heteroatoms. The summed E-state index contributed by atoms with van der Waals surface area (Å²) < 4.78 is 25.3. The molecule has 1 heterocycles. The smallest absolute Gasteiger partial charge is 0.168 e. The van der Waals surface area contributed by atoms with Crippen LogP contribution in [0.2, 0.25) is 0 Å². The van der Waals surface area contributed by atoms with Gasteiger partial charge in [-0.3, -0.25) is 0 Å². The van der Waals surface area contributed by atoms with Crippen molar-refractivity contribution in [2.75, 3.05) is 11.2 Å². The van der Waals surface area contributed by atoms with Crippen LogP contribution in [0.4, 0.5) is 14.6 Å². The standard InChI is InChI=1S/C8H9ClF2N2/c1-5(3-9)13-8-7(11)2-6(10)4-12-8/h2,4-5H,3H2,1H3,(H,12,13). The van der Waals surface area contributed by atoms with E-state index in [1.807, 2.05) is 0 Å². The van der Waals surface area contributed by atoms with Crippen molar-refractivity contribution in [3.8, 4) is 0 Å². The van der Waals surface area contributed by atoms with Gasteiger partial charge in [0.1, 0.15) is 5.82 Å². The first kappa shape index (κ1) is 10.2. The van der Waals surface area contributed by atoms with E-state index in [0.717, 1.165) is 12.3 Å². The third kappa shape index (κ3) is 2.81. The molecule has 0 bridgehead atoms. The minimum absolute atomic E-state index is 0.0227. The van der Waals surface area contributed by atoms with Gasteiger partial charge in [0.25, 0.3) is 0 Å². The third-order valence-electron chi connectivity index (χ3n) is 1.42. The van der Waals surface area contributed by atoms with Crippen LogP contribution in [0.25, 0.3) is 0 Å². The molecular weight excluding hydrogens is 198 g/mol. The van der Waals surface area contributed by atoms with Gasteiger partial charge < -0.3 is 5.32 Å². The number of pyridine rings is 1. The van der Waals surface area contributed by atoms with Gasteiger partial charge in [0.05, 0.1) is 6.20 Å². The van der Waals surface area contributed by atoms with Gasteiger partial charge in [-0.1, -0.05) is 0 Å². The maximum absolute atomic E-state index is 12.9. The number of nitrogens with zero attached hydrogens (tertiary/aromatic N) is 1. The Bertz CT molecular complexity index is 293. The van der Waals surface area contributed by atoms with Gasteiger partial charge in [-0.2, -0.15) is 0 Å². The van der Waals surface area contributed by atoms with E-state index >= 15 is 0 Å². The summed E-state index contributed by atoms with van der Waals surface area (Å²) in [5, 5.41) is 2.70. The molecule has 0 amide bonds. The Morgan fingerprint density at radius 1 is 1.62 bits per heavy atom. The fourth-order valence-electron chi connectivity index (χ4n) is 0.793. The molecule has 72 valence electrons. The third-order valence-corrected chi connectivity index (χ3v) is 1.89. The summed E-state index contributed by atoms with van der Waals surface area (Å²) in [5.74, 6) is -1.05. The number of hydrogen-bond donors (Lipinski definition) is 1. The molecule has 0 aromatic carbocycles. The number of alkyl halides is 1. The average Bonchev–Trinajstić information content (AvgIpc) is 2.09. The van der Waals surface area contributed by atoms with E-state index in [1.165, 1.54) is 0 Å². The van der Waals surface area contributed by atoms with Crippen molar-refractivity contribution in [3.63, 3.8) is 0 Å². The molecule has 0 fully saturated rings. The first-order valence-corrected chi connectivity index (χ1v) is 4.30. The van der Waals surface area contributed by atoms with Gasteiger partial charge in [0, 0.05) is 18.0 Å². The van der Waals surface area contributed by atoms with E-state index < -0.39 is 11.6 Å². The molecule has 1 unspecified atom stereocenters. The van der Waals surface area contributed by atoms with E-state index in [1.54, 1.807) is 6.92 Å². The summed E-state index contributed by atoms with van der Waals surface area (Å²) in [5.41, 5.74) is 0. The maximum atomic E-state index is 12.9. The maximum Gasteiger partial charge on any atom is 0.168 e. The van der Waals surface area contributed by atoms with Gasteiger partial charge in [0.15, 0.2) is 11.6 Å². The van der Waals surface area contributed by atoms with Crippen LogP contribution in [-0.2, 0) is 0 Å². The predicted octanol–water partition coefficient (Wildman–Crippen LogP) is 2.40. The van der Waals surface area contributed by atoms with E-state index in [4.69, 9.17) is 11.6 Å². The fraction of sp³-hybridized carbons (Fsp3) is 0.375. The number of rotatable bonds is 3. The quantitative estimate of drug-likeness (QED) is 0.769. The van der Waals surface area contributed by atoms with Crippen LogP contribution in [0.3, 0.4) is 0 Å². The van der Waals surface area contributed by atoms with Gasteiger partial charge in [-0.25, -0.2) is 13.8 Å². The zero-order valence-corrected chi connectivity index (χ0v) is 7.78. The zero-order chi connectivity index (χ0) is 9.84. The van der Waals surface area contributed by atoms with Crippen LogP contribution in [0.1, 0.15) is 6.92 Å². The molecule has 1 atom stereocenters. The molecule has 0 saturated heterocycles. The SMILES string of the molecule is CC(CCl)Nc1ncc(F)cc1F. The summed E-state index contributed by atoms with van der Waals surface area (Å²) in [7, 11) is 0.